The summed E-state index contributed by atoms with van der Waals surface area (Å²) in [4.78, 5) is 64.2. The van der Waals surface area contributed by atoms with Crippen molar-refractivity contribution in [1.82, 2.24) is 10.0 Å². The number of carbonyl (C=O) groups is 4. The van der Waals surface area contributed by atoms with Crippen LogP contribution in [0.4, 0.5) is 5.69 Å². The lowest BCUT2D eigenvalue weighted by molar-refractivity contribution is -0.385. The molecule has 1 aliphatic carbocycles. The van der Waals surface area contributed by atoms with Crippen molar-refractivity contribution in [2.24, 2.45) is 17.8 Å². The standard InChI is InChI=1S/C25H23N3O7/c1-15-6-5-8-19-22(15)25(32)27(24(19)31)26(14-21(29)16-10-12-17(35-2)13-11-16)23(30)18-7-3-4-9-20(18)28(33)34/h3-7,9-13,15,19,22H,8,14H2,1-2H3/t15-,19+,22-/m0/s1. The molecule has 10 heteroatoms. The van der Waals surface area contributed by atoms with Crippen LogP contribution in [0.1, 0.15) is 34.1 Å². The molecule has 3 amide bonds. The Morgan fingerprint density at radius 1 is 1.11 bits per heavy atom. The fraction of sp³-hybridized carbons (Fsp3) is 0.280. The summed E-state index contributed by atoms with van der Waals surface area (Å²) >= 11 is 0. The highest BCUT2D eigenvalue weighted by molar-refractivity contribution is 6.10. The first-order valence-electron chi connectivity index (χ1n) is 11.0. The zero-order chi connectivity index (χ0) is 25.3. The third-order valence-corrected chi connectivity index (χ3v) is 6.36. The number of Topliss-reactive ketones (excluding diaryl/α,β-unsaturated/α-hetero) is 1. The number of imide groups is 1. The number of amides is 3. The van der Waals surface area contributed by atoms with E-state index in [1.807, 2.05) is 12.2 Å². The zero-order valence-electron chi connectivity index (χ0n) is 19.1. The van der Waals surface area contributed by atoms with E-state index < -0.39 is 52.5 Å². The number of nitro groups is 1. The first-order chi connectivity index (χ1) is 16.7. The van der Waals surface area contributed by atoms with Crippen molar-refractivity contribution in [3.8, 4) is 5.75 Å². The van der Waals surface area contributed by atoms with Crippen molar-refractivity contribution < 1.29 is 28.8 Å². The van der Waals surface area contributed by atoms with Crippen LogP contribution in [0, 0.1) is 27.9 Å². The van der Waals surface area contributed by atoms with E-state index in [4.69, 9.17) is 4.74 Å². The Bertz CT molecular complexity index is 1240. The number of methoxy groups -OCH3 is 1. The number of benzene rings is 2. The number of hydrogen-bond acceptors (Lipinski definition) is 7. The molecule has 35 heavy (non-hydrogen) atoms. The predicted molar refractivity (Wildman–Crippen MR) is 123 cm³/mol. The molecule has 0 unspecified atom stereocenters. The van der Waals surface area contributed by atoms with Gasteiger partial charge in [0.1, 0.15) is 17.9 Å². The number of nitro benzene ring substituents is 1. The average molecular weight is 477 g/mol. The molecule has 1 aliphatic heterocycles. The van der Waals surface area contributed by atoms with Crippen LogP contribution < -0.4 is 4.74 Å². The van der Waals surface area contributed by atoms with Gasteiger partial charge in [-0.25, -0.2) is 5.01 Å². The Kier molecular flexibility index (Phi) is 6.46. The number of ether oxygens (including phenoxy) is 1. The molecule has 4 rings (SSSR count). The summed E-state index contributed by atoms with van der Waals surface area (Å²) in [6, 6.07) is 11.3. The summed E-state index contributed by atoms with van der Waals surface area (Å²) in [5.74, 6) is -3.82. The van der Waals surface area contributed by atoms with Crippen molar-refractivity contribution in [2.75, 3.05) is 13.7 Å². The smallest absolute Gasteiger partial charge is 0.282 e. The fourth-order valence-electron chi connectivity index (χ4n) is 4.56. The maximum atomic E-state index is 13.6. The van der Waals surface area contributed by atoms with Crippen LogP contribution >= 0.6 is 0 Å². The van der Waals surface area contributed by atoms with E-state index in [0.717, 1.165) is 11.1 Å². The predicted octanol–water partition coefficient (Wildman–Crippen LogP) is 3.04. The number of fused-ring (bicyclic) bond motifs is 1. The summed E-state index contributed by atoms with van der Waals surface area (Å²) in [7, 11) is 1.48. The molecule has 0 aromatic heterocycles. The molecule has 180 valence electrons. The lowest BCUT2D eigenvalue weighted by Crippen LogP contribution is -2.52. The quantitative estimate of drug-likeness (QED) is 0.197. The van der Waals surface area contributed by atoms with Gasteiger partial charge in [0.2, 0.25) is 0 Å². The molecule has 3 atom stereocenters. The molecule has 0 radical (unpaired) electrons. The van der Waals surface area contributed by atoms with E-state index in [9.17, 15) is 29.3 Å². The maximum Gasteiger partial charge on any atom is 0.282 e. The molecule has 2 aliphatic rings. The number of ketones is 1. The van der Waals surface area contributed by atoms with Crippen LogP contribution in [0.2, 0.25) is 0 Å². The van der Waals surface area contributed by atoms with Crippen molar-refractivity contribution in [3.05, 3.63) is 81.9 Å². The summed E-state index contributed by atoms with van der Waals surface area (Å²) in [5.41, 5.74) is -0.606. The monoisotopic (exact) mass is 477 g/mol. The molecule has 2 aromatic rings. The van der Waals surface area contributed by atoms with Crippen LogP contribution in [-0.4, -0.2) is 52.1 Å². The van der Waals surface area contributed by atoms with Crippen LogP contribution in [0.3, 0.4) is 0 Å². The molecule has 2 aromatic carbocycles. The second-order valence-corrected chi connectivity index (χ2v) is 8.43. The lowest BCUT2D eigenvalue weighted by Gasteiger charge is -2.30. The third kappa shape index (κ3) is 4.30. The number of allylic oxidation sites excluding steroid dienone is 2. The Labute approximate surface area is 200 Å². The molecule has 1 saturated heterocycles. The van der Waals surface area contributed by atoms with E-state index in [-0.39, 0.29) is 17.0 Å². The van der Waals surface area contributed by atoms with Gasteiger partial charge in [-0.2, -0.15) is 5.01 Å². The van der Waals surface area contributed by atoms with Crippen molar-refractivity contribution >= 4 is 29.2 Å². The van der Waals surface area contributed by atoms with Gasteiger partial charge in [-0.3, -0.25) is 29.3 Å². The summed E-state index contributed by atoms with van der Waals surface area (Å²) in [5, 5.41) is 13.0. The molecule has 0 spiro atoms. The number of nitrogens with zero attached hydrogens (tertiary/aromatic N) is 3. The normalized spacial score (nSPS) is 21.0. The highest BCUT2D eigenvalue weighted by Gasteiger charge is 2.53. The second kappa shape index (κ2) is 9.49. The number of rotatable bonds is 7. The molecule has 0 N–H and O–H groups in total. The Hall–Kier alpha value is -4.34. The van der Waals surface area contributed by atoms with Crippen LogP contribution in [-0.2, 0) is 9.59 Å². The number of hydrazine groups is 1. The van der Waals surface area contributed by atoms with E-state index in [0.29, 0.717) is 17.2 Å². The van der Waals surface area contributed by atoms with Gasteiger partial charge in [0.05, 0.1) is 23.9 Å². The van der Waals surface area contributed by atoms with Gasteiger partial charge < -0.3 is 4.74 Å². The van der Waals surface area contributed by atoms with E-state index in [1.54, 1.807) is 19.1 Å². The maximum absolute atomic E-state index is 13.6. The van der Waals surface area contributed by atoms with Gasteiger partial charge in [-0.1, -0.05) is 31.2 Å². The molecule has 1 heterocycles. The van der Waals surface area contributed by atoms with E-state index >= 15 is 0 Å². The molecular formula is C25H23N3O7. The second-order valence-electron chi connectivity index (χ2n) is 8.43. The largest absolute Gasteiger partial charge is 0.497 e. The molecule has 0 bridgehead atoms. The topological polar surface area (TPSA) is 127 Å². The van der Waals surface area contributed by atoms with Crippen molar-refractivity contribution in [1.29, 1.82) is 0 Å². The minimum atomic E-state index is -0.986. The first kappa shape index (κ1) is 23.8. The lowest BCUT2D eigenvalue weighted by atomic mass is 9.78. The van der Waals surface area contributed by atoms with Gasteiger partial charge in [0.15, 0.2) is 5.78 Å². The molecular weight excluding hydrogens is 454 g/mol. The van der Waals surface area contributed by atoms with Crippen LogP contribution in [0.25, 0.3) is 0 Å². The number of carbonyl (C=O) groups excluding carboxylic acids is 4. The van der Waals surface area contributed by atoms with Gasteiger partial charge in [-0.15, -0.1) is 0 Å². The van der Waals surface area contributed by atoms with E-state index in [1.165, 1.54) is 37.4 Å². The highest BCUT2D eigenvalue weighted by atomic mass is 16.6. The third-order valence-electron chi connectivity index (χ3n) is 6.36. The molecule has 0 saturated carbocycles. The fourth-order valence-corrected chi connectivity index (χ4v) is 4.56. The minimum absolute atomic E-state index is 0.220. The van der Waals surface area contributed by atoms with Gasteiger partial charge in [0, 0.05) is 11.6 Å². The SMILES string of the molecule is COc1ccc(C(=O)CN(C(=O)c2ccccc2[N+](=O)[O-])N2C(=O)[C@H]3[C@@H](C)C=CC[C@H]3C2=O)cc1. The summed E-state index contributed by atoms with van der Waals surface area (Å²) in [6.45, 7) is 1.15. The first-order valence-corrected chi connectivity index (χ1v) is 11.0. The van der Waals surface area contributed by atoms with Gasteiger partial charge in [0.25, 0.3) is 23.4 Å². The highest BCUT2D eigenvalue weighted by Crippen LogP contribution is 2.39. The minimum Gasteiger partial charge on any atom is -0.497 e. The molecule has 1 fully saturated rings. The summed E-state index contributed by atoms with van der Waals surface area (Å²) < 4.78 is 5.09. The Balaban J connectivity index is 1.74. The van der Waals surface area contributed by atoms with Crippen LogP contribution in [0.5, 0.6) is 5.75 Å². The number of para-hydroxylation sites is 1. The summed E-state index contributed by atoms with van der Waals surface area (Å²) in [6.07, 6.45) is 3.99. The Morgan fingerprint density at radius 3 is 2.43 bits per heavy atom. The van der Waals surface area contributed by atoms with Crippen molar-refractivity contribution in [3.63, 3.8) is 0 Å². The Morgan fingerprint density at radius 2 is 1.80 bits per heavy atom. The number of hydrogen-bond donors (Lipinski definition) is 0. The van der Waals surface area contributed by atoms with Crippen molar-refractivity contribution in [2.45, 2.75) is 13.3 Å². The zero-order valence-corrected chi connectivity index (χ0v) is 19.1. The van der Waals surface area contributed by atoms with Gasteiger partial charge in [-0.05, 0) is 42.7 Å². The van der Waals surface area contributed by atoms with Crippen LogP contribution in [0.15, 0.2) is 60.7 Å². The van der Waals surface area contributed by atoms with Gasteiger partial charge >= 0.3 is 0 Å². The van der Waals surface area contributed by atoms with E-state index in [2.05, 4.69) is 0 Å². The molecule has 10 nitrogen and oxygen atoms in total. The average Bonchev–Trinajstić information content (AvgIpc) is 3.12.